The van der Waals surface area contributed by atoms with E-state index in [9.17, 15) is 23.1 Å². The van der Waals surface area contributed by atoms with E-state index >= 15 is 0 Å². The third-order valence-electron chi connectivity index (χ3n) is 6.37. The number of amides is 1. The minimum absolute atomic E-state index is 0.0948. The summed E-state index contributed by atoms with van der Waals surface area (Å²) in [5, 5.41) is 8.41. The quantitative estimate of drug-likeness (QED) is 0.754. The molecule has 134 valence electrons. The van der Waals surface area contributed by atoms with E-state index in [0.29, 0.717) is 6.42 Å². The van der Waals surface area contributed by atoms with Crippen molar-refractivity contribution in [2.24, 2.45) is 5.41 Å². The first-order valence-corrected chi connectivity index (χ1v) is 10.1. The van der Waals surface area contributed by atoms with Gasteiger partial charge in [0.1, 0.15) is 11.5 Å². The number of nitrogens with zero attached hydrogens (tertiary/aromatic N) is 1. The Morgan fingerprint density at radius 1 is 1.25 bits per heavy atom. The first kappa shape index (κ1) is 16.3. The number of carboxylic acids is 1. The highest BCUT2D eigenvalue weighted by atomic mass is 32.2. The van der Waals surface area contributed by atoms with Crippen molar-refractivity contribution in [2.75, 3.05) is 0 Å². The topological polar surface area (TPSA) is 101 Å². The zero-order valence-corrected chi connectivity index (χ0v) is 14.7. The van der Waals surface area contributed by atoms with Gasteiger partial charge >= 0.3 is 5.97 Å². The predicted molar refractivity (Wildman–Crippen MR) is 83.9 cm³/mol. The van der Waals surface area contributed by atoms with Gasteiger partial charge in [-0.25, -0.2) is 13.2 Å². The molecule has 0 bridgehead atoms. The zero-order valence-electron chi connectivity index (χ0n) is 13.9. The van der Waals surface area contributed by atoms with Gasteiger partial charge in [-0.05, 0) is 33.1 Å². The normalized spacial score (nSPS) is 42.7. The van der Waals surface area contributed by atoms with Crippen LogP contribution >= 0.6 is 0 Å². The van der Waals surface area contributed by atoms with Gasteiger partial charge in [-0.15, -0.1) is 0 Å². The van der Waals surface area contributed by atoms with Crippen LogP contribution in [-0.4, -0.2) is 58.7 Å². The molecule has 0 aromatic heterocycles. The number of sulfone groups is 1. The van der Waals surface area contributed by atoms with E-state index in [4.69, 9.17) is 4.74 Å². The average molecular weight is 357 g/mol. The van der Waals surface area contributed by atoms with Crippen LogP contribution in [0.15, 0.2) is 0 Å². The number of β-lactam (4-membered cyclic amide) rings is 1. The van der Waals surface area contributed by atoms with Crippen molar-refractivity contribution in [3.63, 3.8) is 0 Å². The molecular weight excluding hydrogens is 334 g/mol. The van der Waals surface area contributed by atoms with Gasteiger partial charge in [0.15, 0.2) is 15.2 Å². The summed E-state index contributed by atoms with van der Waals surface area (Å²) in [6.07, 6.45) is 5.39. The van der Waals surface area contributed by atoms with E-state index in [1.54, 1.807) is 0 Å². The van der Waals surface area contributed by atoms with Crippen LogP contribution in [0.5, 0.6) is 0 Å². The number of aliphatic carboxylic acids is 1. The standard InChI is InChI=1S/C16H23NO6S/c1-15(2)11(12(18)19)17-13(20)16(14(17)24(15,21)22)8-10(16)23-9-6-4-3-5-7-9/h9-11,14H,3-8H2,1-2H3,(H,18,19)/t10-,11-,14+,16-/m0/s1. The highest BCUT2D eigenvalue weighted by Crippen LogP contribution is 2.67. The molecule has 8 heteroatoms. The van der Waals surface area contributed by atoms with Crippen molar-refractivity contribution >= 4 is 21.7 Å². The fraction of sp³-hybridized carbons (Fsp3) is 0.875. The minimum Gasteiger partial charge on any atom is -0.480 e. The Balaban J connectivity index is 1.61. The third kappa shape index (κ3) is 1.73. The summed E-state index contributed by atoms with van der Waals surface area (Å²) in [6, 6.07) is -1.32. The molecule has 7 nitrogen and oxygen atoms in total. The molecule has 1 amide bonds. The SMILES string of the molecule is CC1(C)[C@H](C(=O)O)N2C(=O)[C@@]3(C[C@@H]3OC3CCCCC3)[C@H]2S1(=O)=O. The molecule has 1 spiro atoms. The van der Waals surface area contributed by atoms with Crippen LogP contribution in [0.3, 0.4) is 0 Å². The predicted octanol–water partition coefficient (Wildman–Crippen LogP) is 0.923. The largest absolute Gasteiger partial charge is 0.480 e. The van der Waals surface area contributed by atoms with Crippen molar-refractivity contribution in [3.05, 3.63) is 0 Å². The second-order valence-electron chi connectivity index (χ2n) is 8.08. The molecule has 2 aliphatic carbocycles. The van der Waals surface area contributed by atoms with Gasteiger partial charge < -0.3 is 14.7 Å². The fourth-order valence-corrected chi connectivity index (χ4v) is 7.36. The summed E-state index contributed by atoms with van der Waals surface area (Å²) in [5.74, 6) is -1.63. The summed E-state index contributed by atoms with van der Waals surface area (Å²) in [7, 11) is -3.77. The molecule has 4 aliphatic rings. The monoisotopic (exact) mass is 357 g/mol. The van der Waals surface area contributed by atoms with E-state index in [-0.39, 0.29) is 18.1 Å². The highest BCUT2D eigenvalue weighted by molar-refractivity contribution is 7.94. The van der Waals surface area contributed by atoms with Crippen LogP contribution in [0.1, 0.15) is 52.4 Å². The van der Waals surface area contributed by atoms with Gasteiger partial charge in [0.2, 0.25) is 5.91 Å². The molecule has 4 rings (SSSR count). The molecule has 2 aliphatic heterocycles. The van der Waals surface area contributed by atoms with Crippen molar-refractivity contribution in [3.8, 4) is 0 Å². The second kappa shape index (κ2) is 4.72. The smallest absolute Gasteiger partial charge is 0.328 e. The van der Waals surface area contributed by atoms with E-state index in [0.717, 1.165) is 30.6 Å². The van der Waals surface area contributed by atoms with Crippen LogP contribution in [0.4, 0.5) is 0 Å². The fourth-order valence-electron chi connectivity index (χ4n) is 4.84. The molecule has 4 fully saturated rings. The molecule has 4 atom stereocenters. The Bertz CT molecular complexity index is 710. The Labute approximate surface area is 141 Å². The molecule has 2 saturated heterocycles. The van der Waals surface area contributed by atoms with Crippen LogP contribution in [0.2, 0.25) is 0 Å². The summed E-state index contributed by atoms with van der Waals surface area (Å²) in [4.78, 5) is 25.3. The summed E-state index contributed by atoms with van der Waals surface area (Å²) < 4.78 is 30.4. The Hall–Kier alpha value is -1.15. The molecule has 0 aromatic rings. The first-order chi connectivity index (χ1) is 11.2. The lowest BCUT2D eigenvalue weighted by molar-refractivity contribution is -0.169. The summed E-state index contributed by atoms with van der Waals surface area (Å²) in [5.41, 5.74) is -1.03. The number of fused-ring (bicyclic) bond motifs is 2. The molecule has 24 heavy (non-hydrogen) atoms. The third-order valence-corrected chi connectivity index (χ3v) is 9.30. The van der Waals surface area contributed by atoms with Crippen LogP contribution < -0.4 is 0 Å². The molecule has 2 heterocycles. The van der Waals surface area contributed by atoms with Gasteiger partial charge in [0.25, 0.3) is 0 Å². The lowest BCUT2D eigenvalue weighted by Crippen LogP contribution is -2.66. The van der Waals surface area contributed by atoms with Crippen LogP contribution in [-0.2, 0) is 24.2 Å². The number of ether oxygens (including phenoxy) is 1. The van der Waals surface area contributed by atoms with Crippen molar-refractivity contribution in [2.45, 2.75) is 80.7 Å². The van der Waals surface area contributed by atoms with Crippen molar-refractivity contribution < 1.29 is 27.9 Å². The summed E-state index contributed by atoms with van der Waals surface area (Å²) in [6.45, 7) is 2.81. The summed E-state index contributed by atoms with van der Waals surface area (Å²) >= 11 is 0. The van der Waals surface area contributed by atoms with E-state index in [2.05, 4.69) is 0 Å². The Kier molecular flexibility index (Phi) is 3.21. The number of carbonyl (C=O) groups is 2. The van der Waals surface area contributed by atoms with Gasteiger partial charge in [-0.1, -0.05) is 19.3 Å². The van der Waals surface area contributed by atoms with E-state index < -0.39 is 37.4 Å². The van der Waals surface area contributed by atoms with Gasteiger partial charge in [0, 0.05) is 0 Å². The van der Waals surface area contributed by atoms with E-state index in [1.807, 2.05) is 0 Å². The number of carbonyl (C=O) groups excluding carboxylic acids is 1. The van der Waals surface area contributed by atoms with E-state index in [1.165, 1.54) is 20.3 Å². The minimum atomic E-state index is -3.77. The molecule has 2 saturated carbocycles. The van der Waals surface area contributed by atoms with Crippen LogP contribution in [0.25, 0.3) is 0 Å². The second-order valence-corrected chi connectivity index (χ2v) is 10.7. The molecule has 0 radical (unpaired) electrons. The molecule has 0 unspecified atom stereocenters. The number of hydrogen-bond donors (Lipinski definition) is 1. The Morgan fingerprint density at radius 2 is 1.88 bits per heavy atom. The number of hydrogen-bond acceptors (Lipinski definition) is 5. The lowest BCUT2D eigenvalue weighted by atomic mass is 9.89. The zero-order chi connectivity index (χ0) is 17.5. The maximum absolute atomic E-state index is 12.9. The van der Waals surface area contributed by atoms with Crippen molar-refractivity contribution in [1.82, 2.24) is 4.90 Å². The van der Waals surface area contributed by atoms with Crippen LogP contribution in [0, 0.1) is 5.41 Å². The molecule has 0 aromatic carbocycles. The highest BCUT2D eigenvalue weighted by Gasteiger charge is 2.86. The van der Waals surface area contributed by atoms with Gasteiger partial charge in [-0.2, -0.15) is 0 Å². The molecule has 1 N–H and O–H groups in total. The lowest BCUT2D eigenvalue weighted by Gasteiger charge is -2.44. The maximum atomic E-state index is 12.9. The maximum Gasteiger partial charge on any atom is 0.328 e. The molecular formula is C16H23NO6S. The first-order valence-electron chi connectivity index (χ1n) is 8.60. The number of carboxylic acid groups (broad SMARTS) is 1. The van der Waals surface area contributed by atoms with Crippen molar-refractivity contribution in [1.29, 1.82) is 0 Å². The van der Waals surface area contributed by atoms with Gasteiger partial charge in [0.05, 0.1) is 17.0 Å². The Morgan fingerprint density at radius 3 is 2.46 bits per heavy atom. The number of rotatable bonds is 3. The van der Waals surface area contributed by atoms with Gasteiger partial charge in [-0.3, -0.25) is 4.79 Å². The average Bonchev–Trinajstić information content (AvgIpc) is 3.19.